The van der Waals surface area contributed by atoms with Gasteiger partial charge in [0.05, 0.1) is 6.54 Å². The van der Waals surface area contributed by atoms with Crippen molar-refractivity contribution >= 4 is 11.6 Å². The van der Waals surface area contributed by atoms with E-state index in [0.29, 0.717) is 6.54 Å². The first-order chi connectivity index (χ1) is 8.67. The van der Waals surface area contributed by atoms with Crippen LogP contribution in [0.5, 0.6) is 0 Å². The second-order valence-corrected chi connectivity index (χ2v) is 4.83. The smallest absolute Gasteiger partial charge is 0.242 e. The van der Waals surface area contributed by atoms with Crippen molar-refractivity contribution in [3.8, 4) is 0 Å². The molecule has 2 rings (SSSR count). The maximum absolute atomic E-state index is 12.0. The average molecular weight is 246 g/mol. The standard InChI is InChI=1S/C15H22N2O/c1-4-13-8-6-7-12(3)15(13)17-10-9-16(5-2)14(18)11-17/h6-8H,4-5,9-11H2,1-3H3. The summed E-state index contributed by atoms with van der Waals surface area (Å²) in [6, 6.07) is 6.39. The van der Waals surface area contributed by atoms with E-state index in [1.807, 2.05) is 11.8 Å². The highest BCUT2D eigenvalue weighted by molar-refractivity contribution is 5.83. The first-order valence-corrected chi connectivity index (χ1v) is 6.78. The van der Waals surface area contributed by atoms with Crippen molar-refractivity contribution in [3.05, 3.63) is 29.3 Å². The van der Waals surface area contributed by atoms with Crippen LogP contribution in [-0.4, -0.2) is 37.0 Å². The number of carbonyl (C=O) groups excluding carboxylic acids is 1. The van der Waals surface area contributed by atoms with Crippen LogP contribution in [0.25, 0.3) is 0 Å². The fourth-order valence-corrected chi connectivity index (χ4v) is 2.69. The topological polar surface area (TPSA) is 23.6 Å². The van der Waals surface area contributed by atoms with Crippen LogP contribution in [0.4, 0.5) is 5.69 Å². The SMILES string of the molecule is CCc1cccc(C)c1N1CCN(CC)C(=O)C1. The summed E-state index contributed by atoms with van der Waals surface area (Å²) in [5.41, 5.74) is 3.88. The molecule has 0 bridgehead atoms. The largest absolute Gasteiger partial charge is 0.360 e. The Hall–Kier alpha value is -1.51. The lowest BCUT2D eigenvalue weighted by Crippen LogP contribution is -2.50. The number of piperazine rings is 1. The van der Waals surface area contributed by atoms with Crippen molar-refractivity contribution in [1.29, 1.82) is 0 Å². The molecule has 1 aliphatic heterocycles. The second-order valence-electron chi connectivity index (χ2n) is 4.83. The molecule has 0 spiro atoms. The van der Waals surface area contributed by atoms with Gasteiger partial charge in [-0.3, -0.25) is 4.79 Å². The first kappa shape index (κ1) is 12.9. The van der Waals surface area contributed by atoms with Crippen molar-refractivity contribution in [2.24, 2.45) is 0 Å². The third-order valence-corrected chi connectivity index (χ3v) is 3.72. The van der Waals surface area contributed by atoms with Gasteiger partial charge in [-0.2, -0.15) is 0 Å². The lowest BCUT2D eigenvalue weighted by molar-refractivity contribution is -0.130. The molecule has 0 aliphatic carbocycles. The van der Waals surface area contributed by atoms with Gasteiger partial charge >= 0.3 is 0 Å². The van der Waals surface area contributed by atoms with Crippen molar-refractivity contribution in [3.63, 3.8) is 0 Å². The number of amides is 1. The molecule has 1 saturated heterocycles. The summed E-state index contributed by atoms with van der Waals surface area (Å²) in [7, 11) is 0. The zero-order chi connectivity index (χ0) is 13.1. The maximum Gasteiger partial charge on any atom is 0.242 e. The monoisotopic (exact) mass is 246 g/mol. The summed E-state index contributed by atoms with van der Waals surface area (Å²) in [6.45, 7) is 9.46. The van der Waals surface area contributed by atoms with Gasteiger partial charge in [0, 0.05) is 25.3 Å². The predicted molar refractivity (Wildman–Crippen MR) is 75.0 cm³/mol. The van der Waals surface area contributed by atoms with E-state index >= 15 is 0 Å². The molecule has 0 aromatic heterocycles. The quantitative estimate of drug-likeness (QED) is 0.816. The first-order valence-electron chi connectivity index (χ1n) is 6.78. The molecule has 0 radical (unpaired) electrons. The molecule has 0 N–H and O–H groups in total. The Morgan fingerprint density at radius 2 is 2.00 bits per heavy atom. The van der Waals surface area contributed by atoms with E-state index in [9.17, 15) is 4.79 Å². The minimum Gasteiger partial charge on any atom is -0.360 e. The van der Waals surface area contributed by atoms with Gasteiger partial charge in [-0.1, -0.05) is 25.1 Å². The van der Waals surface area contributed by atoms with Gasteiger partial charge < -0.3 is 9.80 Å². The normalized spacial score (nSPS) is 16.3. The molecule has 0 saturated carbocycles. The molecule has 1 amide bonds. The molecule has 1 aliphatic rings. The summed E-state index contributed by atoms with van der Waals surface area (Å²) in [6.07, 6.45) is 1.01. The molecule has 1 aromatic carbocycles. The van der Waals surface area contributed by atoms with E-state index in [4.69, 9.17) is 0 Å². The molecule has 1 heterocycles. The van der Waals surface area contributed by atoms with E-state index in [2.05, 4.69) is 36.9 Å². The fourth-order valence-electron chi connectivity index (χ4n) is 2.69. The van der Waals surface area contributed by atoms with Crippen molar-refractivity contribution in [2.75, 3.05) is 31.1 Å². The minimum absolute atomic E-state index is 0.244. The Labute approximate surface area is 109 Å². The number of para-hydroxylation sites is 1. The van der Waals surface area contributed by atoms with Crippen molar-refractivity contribution in [2.45, 2.75) is 27.2 Å². The number of rotatable bonds is 3. The molecule has 3 nitrogen and oxygen atoms in total. The number of nitrogens with zero attached hydrogens (tertiary/aromatic N) is 2. The number of aryl methyl sites for hydroxylation is 2. The highest BCUT2D eigenvalue weighted by atomic mass is 16.2. The van der Waals surface area contributed by atoms with Crippen LogP contribution in [0, 0.1) is 6.92 Å². The van der Waals surface area contributed by atoms with Gasteiger partial charge in [-0.15, -0.1) is 0 Å². The molecule has 3 heteroatoms. The maximum atomic E-state index is 12.0. The second kappa shape index (κ2) is 5.42. The molecule has 1 fully saturated rings. The lowest BCUT2D eigenvalue weighted by Gasteiger charge is -2.36. The van der Waals surface area contributed by atoms with Gasteiger partial charge in [0.2, 0.25) is 5.91 Å². The fraction of sp³-hybridized carbons (Fsp3) is 0.533. The third-order valence-electron chi connectivity index (χ3n) is 3.72. The molecular weight excluding hydrogens is 224 g/mol. The molecule has 0 unspecified atom stereocenters. The number of hydrogen-bond acceptors (Lipinski definition) is 2. The van der Waals surface area contributed by atoms with Gasteiger partial charge in [-0.25, -0.2) is 0 Å². The number of hydrogen-bond donors (Lipinski definition) is 0. The summed E-state index contributed by atoms with van der Waals surface area (Å²) in [5, 5.41) is 0. The van der Waals surface area contributed by atoms with Crippen LogP contribution >= 0.6 is 0 Å². The highest BCUT2D eigenvalue weighted by Gasteiger charge is 2.24. The van der Waals surface area contributed by atoms with Crippen LogP contribution in [0.3, 0.4) is 0 Å². The number of likely N-dealkylation sites (N-methyl/N-ethyl adjacent to an activating group) is 1. The molecule has 0 atom stereocenters. The van der Waals surface area contributed by atoms with Crippen LogP contribution in [0.1, 0.15) is 25.0 Å². The summed E-state index contributed by atoms with van der Waals surface area (Å²) in [4.78, 5) is 16.2. The lowest BCUT2D eigenvalue weighted by atomic mass is 10.0. The third kappa shape index (κ3) is 2.35. The van der Waals surface area contributed by atoms with Crippen molar-refractivity contribution < 1.29 is 4.79 Å². The van der Waals surface area contributed by atoms with E-state index in [-0.39, 0.29) is 5.91 Å². The van der Waals surface area contributed by atoms with Gasteiger partial charge in [0.1, 0.15) is 0 Å². The Bertz CT molecular complexity index is 442. The van der Waals surface area contributed by atoms with Crippen LogP contribution in [0.15, 0.2) is 18.2 Å². The van der Waals surface area contributed by atoms with Crippen LogP contribution in [0.2, 0.25) is 0 Å². The molecular formula is C15H22N2O. The Balaban J connectivity index is 2.25. The zero-order valence-corrected chi connectivity index (χ0v) is 11.6. The highest BCUT2D eigenvalue weighted by Crippen LogP contribution is 2.26. The zero-order valence-electron chi connectivity index (χ0n) is 11.6. The molecule has 18 heavy (non-hydrogen) atoms. The van der Waals surface area contributed by atoms with E-state index < -0.39 is 0 Å². The van der Waals surface area contributed by atoms with Gasteiger partial charge in [0.25, 0.3) is 0 Å². The number of anilines is 1. The van der Waals surface area contributed by atoms with E-state index in [1.165, 1.54) is 16.8 Å². The summed E-state index contributed by atoms with van der Waals surface area (Å²) in [5.74, 6) is 0.244. The summed E-state index contributed by atoms with van der Waals surface area (Å²) >= 11 is 0. The van der Waals surface area contributed by atoms with E-state index in [1.54, 1.807) is 0 Å². The van der Waals surface area contributed by atoms with Crippen LogP contribution < -0.4 is 4.90 Å². The van der Waals surface area contributed by atoms with Gasteiger partial charge in [-0.05, 0) is 31.4 Å². The van der Waals surface area contributed by atoms with Gasteiger partial charge in [0.15, 0.2) is 0 Å². The Morgan fingerprint density at radius 1 is 1.22 bits per heavy atom. The predicted octanol–water partition coefficient (Wildman–Crippen LogP) is 2.23. The van der Waals surface area contributed by atoms with Crippen molar-refractivity contribution in [1.82, 2.24) is 4.90 Å². The number of carbonyl (C=O) groups is 1. The Kier molecular flexibility index (Phi) is 3.90. The summed E-state index contributed by atoms with van der Waals surface area (Å²) < 4.78 is 0. The average Bonchev–Trinajstić information content (AvgIpc) is 2.38. The minimum atomic E-state index is 0.244. The molecule has 98 valence electrons. The Morgan fingerprint density at radius 3 is 2.61 bits per heavy atom. The number of benzene rings is 1. The molecule has 1 aromatic rings. The van der Waals surface area contributed by atoms with Crippen LogP contribution in [-0.2, 0) is 11.2 Å². The van der Waals surface area contributed by atoms with E-state index in [0.717, 1.165) is 26.1 Å².